The monoisotopic (exact) mass is 715 g/mol. The van der Waals surface area contributed by atoms with Crippen LogP contribution in [0.3, 0.4) is 0 Å². The Kier molecular flexibility index (Phi) is 12.1. The van der Waals surface area contributed by atoms with E-state index in [0.29, 0.717) is 27.8 Å². The Morgan fingerprint density at radius 2 is 1.68 bits per heavy atom. The molecule has 1 unspecified atom stereocenters. The van der Waals surface area contributed by atoms with Gasteiger partial charge in [0.2, 0.25) is 21.8 Å². The fraction of sp³-hybridized carbons (Fsp3) is 0.310. The molecule has 3 aromatic rings. The molecular formula is C29H32Cl2IN3O4S. The molecule has 3 rings (SSSR count). The summed E-state index contributed by atoms with van der Waals surface area (Å²) in [6.07, 6.45) is 2.97. The van der Waals surface area contributed by atoms with Crippen molar-refractivity contribution in [3.8, 4) is 0 Å². The van der Waals surface area contributed by atoms with E-state index in [-0.39, 0.29) is 18.9 Å². The summed E-state index contributed by atoms with van der Waals surface area (Å²) in [7, 11) is -3.83. The molecule has 1 atom stereocenters. The van der Waals surface area contributed by atoms with Gasteiger partial charge in [0.05, 0.1) is 11.9 Å². The van der Waals surface area contributed by atoms with E-state index < -0.39 is 28.5 Å². The number of amides is 2. The normalized spacial score (nSPS) is 12.0. The van der Waals surface area contributed by atoms with Crippen molar-refractivity contribution in [2.45, 2.75) is 38.8 Å². The van der Waals surface area contributed by atoms with Gasteiger partial charge in [0, 0.05) is 33.1 Å². The number of unbranched alkanes of at least 4 members (excludes halogenated alkanes) is 1. The number of hydrogen-bond acceptors (Lipinski definition) is 4. The number of anilines is 1. The van der Waals surface area contributed by atoms with E-state index in [2.05, 4.69) is 27.9 Å². The largest absolute Gasteiger partial charge is 0.354 e. The topological polar surface area (TPSA) is 86.8 Å². The van der Waals surface area contributed by atoms with Crippen molar-refractivity contribution in [3.63, 3.8) is 0 Å². The molecule has 0 saturated carbocycles. The van der Waals surface area contributed by atoms with Crippen LogP contribution in [0.5, 0.6) is 0 Å². The molecule has 1 N–H and O–H groups in total. The van der Waals surface area contributed by atoms with Gasteiger partial charge in [0.25, 0.3) is 0 Å². The summed E-state index contributed by atoms with van der Waals surface area (Å²) in [5.74, 6) is -0.863. The first-order valence-corrected chi connectivity index (χ1v) is 16.5. The van der Waals surface area contributed by atoms with Crippen LogP contribution in [0.15, 0.2) is 72.8 Å². The number of hydrogen-bond donors (Lipinski definition) is 1. The van der Waals surface area contributed by atoms with Crippen molar-refractivity contribution in [2.75, 3.05) is 23.7 Å². The van der Waals surface area contributed by atoms with Gasteiger partial charge in [-0.25, -0.2) is 8.42 Å². The molecule has 7 nitrogen and oxygen atoms in total. The Hall–Kier alpha value is -2.34. The molecule has 0 aliphatic heterocycles. The standard InChI is InChI=1S/C29H32Cl2IN3O4S/c1-3-4-16-33-29(37)27(17-21-8-6-5-7-9-21)34(19-22-10-11-23(30)18-26(22)31)28(36)20-35(40(2,38)39)25-14-12-24(32)13-15-25/h5-15,18,27H,3-4,16-17,19-20H2,1-2H3,(H,33,37). The van der Waals surface area contributed by atoms with Gasteiger partial charge >= 0.3 is 0 Å². The highest BCUT2D eigenvalue weighted by molar-refractivity contribution is 14.1. The highest BCUT2D eigenvalue weighted by Crippen LogP contribution is 2.25. The zero-order valence-corrected chi connectivity index (χ0v) is 26.8. The molecular weight excluding hydrogens is 684 g/mol. The molecule has 0 radical (unpaired) electrons. The molecule has 0 aliphatic rings. The SMILES string of the molecule is CCCCNC(=O)C(Cc1ccccc1)N(Cc1ccc(Cl)cc1Cl)C(=O)CN(c1ccc(I)cc1)S(C)(=O)=O. The first-order valence-electron chi connectivity index (χ1n) is 12.8. The van der Waals surface area contributed by atoms with E-state index in [1.54, 1.807) is 42.5 Å². The summed E-state index contributed by atoms with van der Waals surface area (Å²) in [6.45, 7) is 1.98. The van der Waals surface area contributed by atoms with Crippen molar-refractivity contribution in [1.82, 2.24) is 10.2 Å². The van der Waals surface area contributed by atoms with Crippen molar-refractivity contribution >= 4 is 73.3 Å². The van der Waals surface area contributed by atoms with E-state index in [0.717, 1.165) is 32.5 Å². The minimum absolute atomic E-state index is 0.0160. The van der Waals surface area contributed by atoms with Crippen LogP contribution in [0.4, 0.5) is 5.69 Å². The minimum atomic E-state index is -3.83. The molecule has 0 aromatic heterocycles. The van der Waals surface area contributed by atoms with Crippen molar-refractivity contribution < 1.29 is 18.0 Å². The molecule has 0 fully saturated rings. The van der Waals surface area contributed by atoms with Crippen LogP contribution in [-0.4, -0.2) is 50.5 Å². The number of sulfonamides is 1. The lowest BCUT2D eigenvalue weighted by Gasteiger charge is -2.33. The Balaban J connectivity index is 2.05. The lowest BCUT2D eigenvalue weighted by molar-refractivity contribution is -0.140. The summed E-state index contributed by atoms with van der Waals surface area (Å²) in [5, 5.41) is 3.73. The smallest absolute Gasteiger partial charge is 0.244 e. The molecule has 0 spiro atoms. The van der Waals surface area contributed by atoms with Gasteiger partial charge in [0.1, 0.15) is 12.6 Å². The minimum Gasteiger partial charge on any atom is -0.354 e. The number of rotatable bonds is 13. The van der Waals surface area contributed by atoms with Crippen LogP contribution >= 0.6 is 45.8 Å². The number of carbonyl (C=O) groups excluding carboxylic acids is 2. The molecule has 0 heterocycles. The number of nitrogens with zero attached hydrogens (tertiary/aromatic N) is 2. The number of nitrogens with one attached hydrogen (secondary N) is 1. The average molecular weight is 716 g/mol. The van der Waals surface area contributed by atoms with Crippen LogP contribution in [-0.2, 0) is 32.6 Å². The van der Waals surface area contributed by atoms with Gasteiger partial charge in [-0.3, -0.25) is 13.9 Å². The zero-order valence-electron chi connectivity index (χ0n) is 22.3. The molecule has 0 bridgehead atoms. The third-order valence-corrected chi connectivity index (χ3v) is 8.70. The zero-order chi connectivity index (χ0) is 29.3. The Labute approximate surface area is 260 Å². The molecule has 2 amide bonds. The predicted molar refractivity (Wildman–Crippen MR) is 170 cm³/mol. The van der Waals surface area contributed by atoms with Gasteiger partial charge in [0.15, 0.2) is 0 Å². The van der Waals surface area contributed by atoms with E-state index in [4.69, 9.17) is 23.2 Å². The van der Waals surface area contributed by atoms with Gasteiger partial charge < -0.3 is 10.2 Å². The summed E-state index contributed by atoms with van der Waals surface area (Å²) >= 11 is 14.7. The molecule has 40 heavy (non-hydrogen) atoms. The van der Waals surface area contributed by atoms with E-state index >= 15 is 0 Å². The number of benzene rings is 3. The van der Waals surface area contributed by atoms with Crippen molar-refractivity contribution in [3.05, 3.63) is 97.5 Å². The quantitative estimate of drug-likeness (QED) is 0.176. The maximum atomic E-state index is 14.1. The van der Waals surface area contributed by atoms with E-state index in [1.165, 1.54) is 4.90 Å². The Morgan fingerprint density at radius 3 is 2.27 bits per heavy atom. The molecule has 214 valence electrons. The second-order valence-electron chi connectivity index (χ2n) is 9.35. The molecule has 0 aliphatic carbocycles. The Morgan fingerprint density at radius 1 is 1.00 bits per heavy atom. The van der Waals surface area contributed by atoms with Crippen LogP contribution in [0.2, 0.25) is 10.0 Å². The first-order chi connectivity index (χ1) is 19.0. The summed E-state index contributed by atoms with van der Waals surface area (Å²) in [4.78, 5) is 29.1. The van der Waals surface area contributed by atoms with Gasteiger partial charge in [-0.2, -0.15) is 0 Å². The third kappa shape index (κ3) is 9.36. The lowest BCUT2D eigenvalue weighted by Crippen LogP contribution is -2.53. The summed E-state index contributed by atoms with van der Waals surface area (Å²) in [5.41, 5.74) is 1.79. The lowest BCUT2D eigenvalue weighted by atomic mass is 10.0. The summed E-state index contributed by atoms with van der Waals surface area (Å²) in [6, 6.07) is 20.2. The van der Waals surface area contributed by atoms with E-state index in [9.17, 15) is 18.0 Å². The molecule has 3 aromatic carbocycles. The number of halogens is 3. The summed E-state index contributed by atoms with van der Waals surface area (Å²) < 4.78 is 27.6. The fourth-order valence-electron chi connectivity index (χ4n) is 4.11. The fourth-order valence-corrected chi connectivity index (χ4v) is 5.79. The highest BCUT2D eigenvalue weighted by atomic mass is 127. The van der Waals surface area contributed by atoms with Crippen molar-refractivity contribution in [2.24, 2.45) is 0 Å². The van der Waals surface area contributed by atoms with E-state index in [1.807, 2.05) is 37.3 Å². The second-order valence-corrected chi connectivity index (χ2v) is 13.3. The van der Waals surface area contributed by atoms with Gasteiger partial charge in [-0.05, 0) is 76.5 Å². The van der Waals surface area contributed by atoms with Gasteiger partial charge in [-0.15, -0.1) is 0 Å². The number of carbonyl (C=O) groups is 2. The average Bonchev–Trinajstić information content (AvgIpc) is 2.91. The molecule has 0 saturated heterocycles. The Bertz CT molecular complexity index is 1410. The van der Waals surface area contributed by atoms with Crippen LogP contribution in [0.25, 0.3) is 0 Å². The second kappa shape index (κ2) is 15.0. The molecule has 11 heteroatoms. The third-order valence-electron chi connectivity index (χ3n) is 6.25. The van der Waals surface area contributed by atoms with Crippen molar-refractivity contribution in [1.29, 1.82) is 0 Å². The van der Waals surface area contributed by atoms with Crippen LogP contribution < -0.4 is 9.62 Å². The maximum absolute atomic E-state index is 14.1. The predicted octanol–water partition coefficient (Wildman–Crippen LogP) is 5.92. The van der Waals surface area contributed by atoms with Crippen LogP contribution in [0, 0.1) is 3.57 Å². The first kappa shape index (κ1) is 32.2. The van der Waals surface area contributed by atoms with Crippen LogP contribution in [0.1, 0.15) is 30.9 Å². The highest BCUT2D eigenvalue weighted by Gasteiger charge is 2.33. The maximum Gasteiger partial charge on any atom is 0.244 e. The van der Waals surface area contributed by atoms with Gasteiger partial charge in [-0.1, -0.05) is 72.9 Å².